The highest BCUT2D eigenvalue weighted by Crippen LogP contribution is 2.33. The highest BCUT2D eigenvalue weighted by atomic mass is 32.2. The number of aromatic nitrogens is 3. The third kappa shape index (κ3) is 5.67. The highest BCUT2D eigenvalue weighted by Gasteiger charge is 2.20. The zero-order valence-corrected chi connectivity index (χ0v) is 20.2. The van der Waals surface area contributed by atoms with Crippen molar-refractivity contribution in [2.75, 3.05) is 18.9 Å². The van der Waals surface area contributed by atoms with Gasteiger partial charge in [0.25, 0.3) is 15.9 Å². The number of anilines is 1. The van der Waals surface area contributed by atoms with Crippen molar-refractivity contribution in [1.29, 1.82) is 0 Å². The Balaban J connectivity index is 1.70. The molecule has 0 aliphatic carbocycles. The summed E-state index contributed by atoms with van der Waals surface area (Å²) in [4.78, 5) is 13.1. The molecule has 4 rings (SSSR count). The largest absolute Gasteiger partial charge is 0.493 e. The number of ether oxygens (including phenoxy) is 3. The predicted molar refractivity (Wildman–Crippen MR) is 131 cm³/mol. The first-order valence-electron chi connectivity index (χ1n) is 10.6. The lowest BCUT2D eigenvalue weighted by Crippen LogP contribution is -2.15. The number of rotatable bonds is 9. The van der Waals surface area contributed by atoms with Crippen LogP contribution in [0.5, 0.6) is 17.4 Å². The van der Waals surface area contributed by atoms with Gasteiger partial charge in [-0.25, -0.2) is 18.4 Å². The number of nitrogens with one attached hydrogen (secondary N) is 1. The van der Waals surface area contributed by atoms with Gasteiger partial charge in [-0.05, 0) is 43.3 Å². The van der Waals surface area contributed by atoms with Gasteiger partial charge >= 0.3 is 0 Å². The molecule has 0 unspecified atom stereocenters. The smallest absolute Gasteiger partial charge is 0.263 e. The maximum Gasteiger partial charge on any atom is 0.263 e. The summed E-state index contributed by atoms with van der Waals surface area (Å²) >= 11 is 0. The van der Waals surface area contributed by atoms with Gasteiger partial charge in [-0.3, -0.25) is 9.71 Å². The Morgan fingerprint density at radius 3 is 2.40 bits per heavy atom. The molecule has 9 nitrogen and oxygen atoms in total. The van der Waals surface area contributed by atoms with Gasteiger partial charge in [-0.1, -0.05) is 23.8 Å². The Bertz CT molecular complexity index is 1410. The minimum Gasteiger partial charge on any atom is -0.493 e. The van der Waals surface area contributed by atoms with Crippen molar-refractivity contribution in [2.45, 2.75) is 18.4 Å². The molecule has 10 heteroatoms. The van der Waals surface area contributed by atoms with Gasteiger partial charge in [0.2, 0.25) is 5.82 Å². The normalized spacial score (nSPS) is 11.1. The Morgan fingerprint density at radius 2 is 1.71 bits per heavy atom. The van der Waals surface area contributed by atoms with E-state index < -0.39 is 10.0 Å². The summed E-state index contributed by atoms with van der Waals surface area (Å²) in [6, 6.07) is 15.4. The molecule has 2 aromatic heterocycles. The monoisotopic (exact) mass is 492 g/mol. The maximum atomic E-state index is 13.0. The van der Waals surface area contributed by atoms with Gasteiger partial charge in [0.05, 0.1) is 31.0 Å². The summed E-state index contributed by atoms with van der Waals surface area (Å²) in [5, 5.41) is 0. The standard InChI is InChI=1S/C25H24N4O5S/c1-17-6-9-20(10-7-17)35(30,31)29-24-25(34-16-18-5-4-12-26-14-18)28-21(15-27-24)19-8-11-22(32-2)23(13-19)33-3/h4-15H,16H2,1-3H3,(H,27,29). The average Bonchev–Trinajstić information content (AvgIpc) is 2.88. The predicted octanol–water partition coefficient (Wildman–Crippen LogP) is 4.24. The molecule has 4 aromatic rings. The van der Waals surface area contributed by atoms with Crippen LogP contribution in [0.15, 0.2) is 78.1 Å². The molecule has 0 saturated carbocycles. The molecule has 0 fully saturated rings. The van der Waals surface area contributed by atoms with E-state index in [9.17, 15) is 8.42 Å². The molecule has 1 N–H and O–H groups in total. The van der Waals surface area contributed by atoms with Crippen molar-refractivity contribution >= 4 is 15.8 Å². The van der Waals surface area contributed by atoms with Crippen LogP contribution < -0.4 is 18.9 Å². The van der Waals surface area contributed by atoms with E-state index in [0.29, 0.717) is 22.8 Å². The summed E-state index contributed by atoms with van der Waals surface area (Å²) in [5.74, 6) is 1.09. The Morgan fingerprint density at radius 1 is 0.943 bits per heavy atom. The molecule has 0 amide bonds. The highest BCUT2D eigenvalue weighted by molar-refractivity contribution is 7.92. The van der Waals surface area contributed by atoms with Crippen molar-refractivity contribution < 1.29 is 22.6 Å². The molecule has 0 saturated heterocycles. The van der Waals surface area contributed by atoms with Gasteiger partial charge in [0.1, 0.15) is 6.61 Å². The quantitative estimate of drug-likeness (QED) is 0.369. The van der Waals surface area contributed by atoms with Gasteiger partial charge in [-0.2, -0.15) is 0 Å². The van der Waals surface area contributed by atoms with Crippen LogP contribution in [0, 0.1) is 6.92 Å². The second-order valence-electron chi connectivity index (χ2n) is 7.55. The SMILES string of the molecule is COc1ccc(-c2cnc(NS(=O)(=O)c3ccc(C)cc3)c(OCc3cccnc3)n2)cc1OC. The van der Waals surface area contributed by atoms with Crippen LogP contribution in [0.1, 0.15) is 11.1 Å². The zero-order chi connectivity index (χ0) is 24.8. The summed E-state index contributed by atoms with van der Waals surface area (Å²) in [7, 11) is -0.821. The van der Waals surface area contributed by atoms with Crippen LogP contribution in [0.4, 0.5) is 5.82 Å². The fourth-order valence-electron chi connectivity index (χ4n) is 3.22. The van der Waals surface area contributed by atoms with Gasteiger partial charge < -0.3 is 14.2 Å². The van der Waals surface area contributed by atoms with E-state index >= 15 is 0 Å². The molecule has 0 atom stereocenters. The minimum atomic E-state index is -3.91. The van der Waals surface area contributed by atoms with Crippen LogP contribution >= 0.6 is 0 Å². The van der Waals surface area contributed by atoms with Crippen molar-refractivity contribution in [3.63, 3.8) is 0 Å². The molecule has 35 heavy (non-hydrogen) atoms. The summed E-state index contributed by atoms with van der Waals surface area (Å²) in [5.41, 5.74) is 2.89. The second-order valence-corrected chi connectivity index (χ2v) is 9.23. The topological polar surface area (TPSA) is 113 Å². The van der Waals surface area contributed by atoms with E-state index in [-0.39, 0.29) is 23.2 Å². The van der Waals surface area contributed by atoms with Crippen LogP contribution in [0.2, 0.25) is 0 Å². The Labute approximate surface area is 203 Å². The molecule has 2 heterocycles. The molecular formula is C25H24N4O5S. The number of hydrogen-bond acceptors (Lipinski definition) is 8. The summed E-state index contributed by atoms with van der Waals surface area (Å²) in [6.45, 7) is 2.00. The molecule has 180 valence electrons. The summed E-state index contributed by atoms with van der Waals surface area (Å²) < 4.78 is 45.0. The number of pyridine rings is 1. The second kappa shape index (κ2) is 10.4. The molecule has 0 aliphatic rings. The number of methoxy groups -OCH3 is 2. The van der Waals surface area contributed by atoms with Crippen molar-refractivity contribution in [3.8, 4) is 28.6 Å². The van der Waals surface area contributed by atoms with E-state index in [1.807, 2.05) is 13.0 Å². The third-order valence-corrected chi connectivity index (χ3v) is 6.44. The molecule has 0 radical (unpaired) electrons. The first-order valence-corrected chi connectivity index (χ1v) is 12.1. The van der Waals surface area contributed by atoms with Gasteiger partial charge in [0.15, 0.2) is 11.5 Å². The maximum absolute atomic E-state index is 13.0. The first kappa shape index (κ1) is 24.0. The van der Waals surface area contributed by atoms with Crippen LogP contribution in [0.3, 0.4) is 0 Å². The zero-order valence-electron chi connectivity index (χ0n) is 19.4. The lowest BCUT2D eigenvalue weighted by Gasteiger charge is -2.14. The van der Waals surface area contributed by atoms with Crippen LogP contribution in [-0.2, 0) is 16.6 Å². The fraction of sp³-hybridized carbons (Fsp3) is 0.160. The van der Waals surface area contributed by atoms with E-state index in [4.69, 9.17) is 14.2 Å². The number of benzene rings is 2. The number of sulfonamides is 1. The van der Waals surface area contributed by atoms with E-state index in [0.717, 1.165) is 11.1 Å². The van der Waals surface area contributed by atoms with Gasteiger partial charge in [0, 0.05) is 23.5 Å². The molecule has 0 spiro atoms. The van der Waals surface area contributed by atoms with Crippen LogP contribution in [0.25, 0.3) is 11.3 Å². The molecule has 0 aliphatic heterocycles. The first-order chi connectivity index (χ1) is 16.9. The Kier molecular flexibility index (Phi) is 7.11. The van der Waals surface area contributed by atoms with E-state index in [1.54, 1.807) is 63.0 Å². The number of aryl methyl sites for hydroxylation is 1. The Hall–Kier alpha value is -4.18. The lowest BCUT2D eigenvalue weighted by molar-refractivity contribution is 0.294. The van der Waals surface area contributed by atoms with Gasteiger partial charge in [-0.15, -0.1) is 0 Å². The fourth-order valence-corrected chi connectivity index (χ4v) is 4.22. The van der Waals surface area contributed by atoms with E-state index in [2.05, 4.69) is 19.7 Å². The third-order valence-electron chi connectivity index (χ3n) is 5.08. The molecular weight excluding hydrogens is 468 g/mol. The molecule has 0 bridgehead atoms. The van der Waals surface area contributed by atoms with Crippen molar-refractivity contribution in [1.82, 2.24) is 15.0 Å². The van der Waals surface area contributed by atoms with Crippen molar-refractivity contribution in [3.05, 3.63) is 84.3 Å². The van der Waals surface area contributed by atoms with Crippen molar-refractivity contribution in [2.24, 2.45) is 0 Å². The van der Waals surface area contributed by atoms with E-state index in [1.165, 1.54) is 18.3 Å². The van der Waals surface area contributed by atoms with Crippen LogP contribution in [-0.4, -0.2) is 37.6 Å². The summed E-state index contributed by atoms with van der Waals surface area (Å²) in [6.07, 6.45) is 4.77. The average molecular weight is 493 g/mol. The lowest BCUT2D eigenvalue weighted by atomic mass is 10.1. The minimum absolute atomic E-state index is 0.0248. The molecule has 2 aromatic carbocycles. The number of hydrogen-bond donors (Lipinski definition) is 1. The number of nitrogens with zero attached hydrogens (tertiary/aromatic N) is 3.